The van der Waals surface area contributed by atoms with Crippen LogP contribution in [0.1, 0.15) is 12.5 Å². The minimum atomic E-state index is 0.795. The summed E-state index contributed by atoms with van der Waals surface area (Å²) in [5.74, 6) is 1.65. The average Bonchev–Trinajstić information content (AvgIpc) is 2.70. The van der Waals surface area contributed by atoms with Gasteiger partial charge in [-0.05, 0) is 13.8 Å². The molecule has 2 heterocycles. The van der Waals surface area contributed by atoms with Crippen molar-refractivity contribution < 1.29 is 0 Å². The van der Waals surface area contributed by atoms with Crippen molar-refractivity contribution in [2.45, 2.75) is 13.8 Å². The molecule has 2 aromatic heterocycles. The fraction of sp³-hybridized carbons (Fsp3) is 0.364. The molecule has 2 aromatic rings. The van der Waals surface area contributed by atoms with Gasteiger partial charge in [-0.3, -0.25) is 4.68 Å². The van der Waals surface area contributed by atoms with Crippen LogP contribution in [0.4, 0.5) is 17.3 Å². The molecule has 0 radical (unpaired) electrons. The number of nitrogens with one attached hydrogen (secondary N) is 2. The first-order chi connectivity index (χ1) is 8.20. The van der Waals surface area contributed by atoms with Crippen molar-refractivity contribution in [3.63, 3.8) is 0 Å². The molecule has 0 aliphatic rings. The zero-order valence-electron chi connectivity index (χ0n) is 10.2. The monoisotopic (exact) mass is 232 g/mol. The summed E-state index contributed by atoms with van der Waals surface area (Å²) in [6.45, 7) is 4.86. The standard InChI is InChI=1S/C11H16N6/c1-4-12-10-8(2)11(14-7-13-10)16-9-5-15-17(3)6-9/h5-7H,4H2,1-3H3,(H2,12,13,14,16). The van der Waals surface area contributed by atoms with E-state index in [-0.39, 0.29) is 0 Å². The molecule has 6 heteroatoms. The first-order valence-electron chi connectivity index (χ1n) is 5.52. The van der Waals surface area contributed by atoms with Crippen LogP contribution in [0.5, 0.6) is 0 Å². The minimum Gasteiger partial charge on any atom is -0.370 e. The Bertz CT molecular complexity index is 504. The highest BCUT2D eigenvalue weighted by molar-refractivity contribution is 5.63. The first kappa shape index (κ1) is 11.4. The molecule has 0 bridgehead atoms. The fourth-order valence-electron chi connectivity index (χ4n) is 1.54. The molecule has 0 spiro atoms. The lowest BCUT2D eigenvalue weighted by atomic mass is 10.3. The molecule has 90 valence electrons. The Morgan fingerprint density at radius 3 is 2.71 bits per heavy atom. The Kier molecular flexibility index (Phi) is 3.22. The van der Waals surface area contributed by atoms with Gasteiger partial charge in [-0.15, -0.1) is 0 Å². The van der Waals surface area contributed by atoms with Gasteiger partial charge in [0.05, 0.1) is 11.9 Å². The molecule has 0 unspecified atom stereocenters. The number of aryl methyl sites for hydroxylation is 1. The molecule has 0 atom stereocenters. The molecule has 0 saturated heterocycles. The number of hydrogen-bond acceptors (Lipinski definition) is 5. The van der Waals surface area contributed by atoms with Crippen LogP contribution >= 0.6 is 0 Å². The molecule has 6 nitrogen and oxygen atoms in total. The Morgan fingerprint density at radius 1 is 1.29 bits per heavy atom. The van der Waals surface area contributed by atoms with Crippen LogP contribution in [-0.4, -0.2) is 26.3 Å². The highest BCUT2D eigenvalue weighted by Gasteiger charge is 2.06. The van der Waals surface area contributed by atoms with Crippen molar-refractivity contribution in [1.82, 2.24) is 19.7 Å². The van der Waals surface area contributed by atoms with E-state index in [0.717, 1.165) is 29.4 Å². The third-order valence-corrected chi connectivity index (χ3v) is 2.40. The summed E-state index contributed by atoms with van der Waals surface area (Å²) in [5.41, 5.74) is 1.91. The van der Waals surface area contributed by atoms with E-state index in [0.29, 0.717) is 0 Å². The number of nitrogens with zero attached hydrogens (tertiary/aromatic N) is 4. The molecule has 0 saturated carbocycles. The summed E-state index contributed by atoms with van der Waals surface area (Å²) in [5, 5.41) is 10.5. The first-order valence-corrected chi connectivity index (χ1v) is 5.52. The molecular formula is C11H16N6. The van der Waals surface area contributed by atoms with Gasteiger partial charge in [0.1, 0.15) is 18.0 Å². The highest BCUT2D eigenvalue weighted by atomic mass is 15.3. The summed E-state index contributed by atoms with van der Waals surface area (Å²) in [6, 6.07) is 0. The van der Waals surface area contributed by atoms with Crippen molar-refractivity contribution in [3.05, 3.63) is 24.3 Å². The second-order valence-electron chi connectivity index (χ2n) is 3.75. The number of aromatic nitrogens is 4. The smallest absolute Gasteiger partial charge is 0.138 e. The summed E-state index contributed by atoms with van der Waals surface area (Å²) < 4.78 is 1.74. The van der Waals surface area contributed by atoms with Gasteiger partial charge in [0.25, 0.3) is 0 Å². The van der Waals surface area contributed by atoms with Crippen LogP contribution in [0.3, 0.4) is 0 Å². The quantitative estimate of drug-likeness (QED) is 0.839. The molecule has 0 fully saturated rings. The van der Waals surface area contributed by atoms with E-state index in [2.05, 4.69) is 25.7 Å². The summed E-state index contributed by atoms with van der Waals surface area (Å²) >= 11 is 0. The summed E-state index contributed by atoms with van der Waals surface area (Å²) in [4.78, 5) is 8.42. The van der Waals surface area contributed by atoms with Crippen molar-refractivity contribution in [2.75, 3.05) is 17.2 Å². The van der Waals surface area contributed by atoms with Gasteiger partial charge in [0, 0.05) is 25.4 Å². The minimum absolute atomic E-state index is 0.795. The van der Waals surface area contributed by atoms with E-state index in [4.69, 9.17) is 0 Å². The third-order valence-electron chi connectivity index (χ3n) is 2.40. The zero-order valence-corrected chi connectivity index (χ0v) is 10.2. The zero-order chi connectivity index (χ0) is 12.3. The van der Waals surface area contributed by atoms with Crippen molar-refractivity contribution in [3.8, 4) is 0 Å². The normalized spacial score (nSPS) is 10.3. The molecule has 0 aliphatic carbocycles. The maximum absolute atomic E-state index is 4.23. The fourth-order valence-corrected chi connectivity index (χ4v) is 1.54. The highest BCUT2D eigenvalue weighted by Crippen LogP contribution is 2.21. The van der Waals surface area contributed by atoms with Crippen LogP contribution in [0.15, 0.2) is 18.7 Å². The molecule has 0 amide bonds. The molecular weight excluding hydrogens is 216 g/mol. The Morgan fingerprint density at radius 2 is 2.06 bits per heavy atom. The lowest BCUT2D eigenvalue weighted by Gasteiger charge is -2.10. The molecule has 2 N–H and O–H groups in total. The maximum Gasteiger partial charge on any atom is 0.138 e. The second kappa shape index (κ2) is 4.82. The SMILES string of the molecule is CCNc1ncnc(Nc2cnn(C)c2)c1C. The van der Waals surface area contributed by atoms with E-state index in [1.54, 1.807) is 17.2 Å². The lowest BCUT2D eigenvalue weighted by molar-refractivity contribution is 0.768. The number of rotatable bonds is 4. The van der Waals surface area contributed by atoms with Crippen LogP contribution in [-0.2, 0) is 7.05 Å². The number of anilines is 3. The van der Waals surface area contributed by atoms with Crippen LogP contribution < -0.4 is 10.6 Å². The predicted molar refractivity (Wildman–Crippen MR) is 67.4 cm³/mol. The van der Waals surface area contributed by atoms with Gasteiger partial charge in [-0.1, -0.05) is 0 Å². The third kappa shape index (κ3) is 2.52. The Labute approximate surface area is 100 Å². The maximum atomic E-state index is 4.23. The van der Waals surface area contributed by atoms with Gasteiger partial charge < -0.3 is 10.6 Å². The Hall–Kier alpha value is -2.11. The molecule has 17 heavy (non-hydrogen) atoms. The second-order valence-corrected chi connectivity index (χ2v) is 3.75. The van der Waals surface area contributed by atoms with Crippen LogP contribution in [0, 0.1) is 6.92 Å². The lowest BCUT2D eigenvalue weighted by Crippen LogP contribution is -2.05. The largest absolute Gasteiger partial charge is 0.370 e. The number of hydrogen-bond donors (Lipinski definition) is 2. The van der Waals surface area contributed by atoms with Gasteiger partial charge in [0.15, 0.2) is 0 Å². The summed E-state index contributed by atoms with van der Waals surface area (Å²) in [7, 11) is 1.88. The molecule has 0 aliphatic heterocycles. The average molecular weight is 232 g/mol. The molecule has 2 rings (SSSR count). The van der Waals surface area contributed by atoms with E-state index < -0.39 is 0 Å². The van der Waals surface area contributed by atoms with Crippen LogP contribution in [0.2, 0.25) is 0 Å². The van der Waals surface area contributed by atoms with Gasteiger partial charge in [0.2, 0.25) is 0 Å². The Balaban J connectivity index is 2.23. The van der Waals surface area contributed by atoms with E-state index in [1.807, 2.05) is 27.1 Å². The molecule has 0 aromatic carbocycles. The summed E-state index contributed by atoms with van der Waals surface area (Å²) in [6.07, 6.45) is 5.20. The van der Waals surface area contributed by atoms with Crippen molar-refractivity contribution >= 4 is 17.3 Å². The van der Waals surface area contributed by atoms with Gasteiger partial charge in [-0.2, -0.15) is 5.10 Å². The van der Waals surface area contributed by atoms with E-state index in [1.165, 1.54) is 0 Å². The van der Waals surface area contributed by atoms with Crippen LogP contribution in [0.25, 0.3) is 0 Å². The predicted octanol–water partition coefficient (Wildman–Crippen LogP) is 1.69. The van der Waals surface area contributed by atoms with E-state index >= 15 is 0 Å². The van der Waals surface area contributed by atoms with Crippen molar-refractivity contribution in [1.29, 1.82) is 0 Å². The van der Waals surface area contributed by atoms with Gasteiger partial charge >= 0.3 is 0 Å². The van der Waals surface area contributed by atoms with Gasteiger partial charge in [-0.25, -0.2) is 9.97 Å². The van der Waals surface area contributed by atoms with Crippen molar-refractivity contribution in [2.24, 2.45) is 7.05 Å². The van der Waals surface area contributed by atoms with E-state index in [9.17, 15) is 0 Å². The topological polar surface area (TPSA) is 67.7 Å².